The van der Waals surface area contributed by atoms with Crippen molar-refractivity contribution < 1.29 is 23.7 Å². The molecule has 0 fully saturated rings. The van der Waals surface area contributed by atoms with E-state index in [2.05, 4.69) is 4.74 Å². The van der Waals surface area contributed by atoms with Crippen molar-refractivity contribution in [3.8, 4) is 5.75 Å². The number of methoxy groups -OCH3 is 1. The standard InChI is InChI=1S/C10H12ClNO5/c1-15-10(13)7-16-4-5-17-8-2-3-9(11)12(14)6-8/h2-3,6H,4-5,7H2,1H3. The molecule has 6 nitrogen and oxygen atoms in total. The molecule has 0 aliphatic rings. The average molecular weight is 262 g/mol. The fourth-order valence-electron chi connectivity index (χ4n) is 0.963. The van der Waals surface area contributed by atoms with Crippen LogP contribution < -0.4 is 9.47 Å². The molecule has 1 rings (SSSR count). The summed E-state index contributed by atoms with van der Waals surface area (Å²) in [5, 5.41) is 11.1. The van der Waals surface area contributed by atoms with Gasteiger partial charge >= 0.3 is 5.97 Å². The number of esters is 1. The zero-order valence-electron chi connectivity index (χ0n) is 9.22. The summed E-state index contributed by atoms with van der Waals surface area (Å²) in [6.07, 6.45) is 1.21. The van der Waals surface area contributed by atoms with Crippen molar-refractivity contribution in [1.82, 2.24) is 0 Å². The molecule has 0 bridgehead atoms. The first-order valence-corrected chi connectivity index (χ1v) is 5.17. The van der Waals surface area contributed by atoms with Gasteiger partial charge in [-0.05, 0) is 17.7 Å². The Kier molecular flexibility index (Phi) is 5.51. The van der Waals surface area contributed by atoms with Gasteiger partial charge in [-0.2, -0.15) is 4.73 Å². The number of nitrogens with zero attached hydrogens (tertiary/aromatic N) is 1. The summed E-state index contributed by atoms with van der Waals surface area (Å²) in [6.45, 7) is 0.317. The maximum atomic E-state index is 11.1. The highest BCUT2D eigenvalue weighted by Crippen LogP contribution is 2.10. The molecule has 0 amide bonds. The number of carbonyl (C=O) groups excluding carboxylic acids is 1. The number of aromatic nitrogens is 1. The van der Waals surface area contributed by atoms with E-state index >= 15 is 0 Å². The number of pyridine rings is 1. The van der Waals surface area contributed by atoms with Gasteiger partial charge in [-0.3, -0.25) is 0 Å². The van der Waals surface area contributed by atoms with E-state index in [4.69, 9.17) is 21.1 Å². The maximum absolute atomic E-state index is 11.1. The Hall–Kier alpha value is -1.53. The first kappa shape index (κ1) is 13.5. The lowest BCUT2D eigenvalue weighted by Gasteiger charge is -2.06. The van der Waals surface area contributed by atoms with Gasteiger partial charge in [-0.15, -0.1) is 0 Å². The Bertz CT molecular complexity index is 385. The molecule has 0 aliphatic heterocycles. The van der Waals surface area contributed by atoms with Crippen molar-refractivity contribution in [3.63, 3.8) is 0 Å². The van der Waals surface area contributed by atoms with Crippen LogP contribution in [0.3, 0.4) is 0 Å². The minimum Gasteiger partial charge on any atom is -0.618 e. The number of rotatable bonds is 6. The first-order chi connectivity index (χ1) is 8.13. The van der Waals surface area contributed by atoms with Gasteiger partial charge in [0.1, 0.15) is 13.2 Å². The van der Waals surface area contributed by atoms with E-state index < -0.39 is 5.97 Å². The van der Waals surface area contributed by atoms with Gasteiger partial charge in [0.25, 0.3) is 5.15 Å². The third kappa shape index (κ3) is 4.88. The van der Waals surface area contributed by atoms with Crippen LogP contribution in [-0.4, -0.2) is 32.9 Å². The van der Waals surface area contributed by atoms with Crippen molar-refractivity contribution in [2.24, 2.45) is 0 Å². The summed E-state index contributed by atoms with van der Waals surface area (Å²) in [5.74, 6) is -0.0695. The highest BCUT2D eigenvalue weighted by atomic mass is 35.5. The molecule has 0 unspecified atom stereocenters. The summed E-state index contributed by atoms with van der Waals surface area (Å²) >= 11 is 5.53. The van der Waals surface area contributed by atoms with E-state index in [1.165, 1.54) is 19.4 Å². The van der Waals surface area contributed by atoms with Crippen LogP contribution in [0.5, 0.6) is 5.75 Å². The largest absolute Gasteiger partial charge is 0.618 e. The second kappa shape index (κ2) is 6.93. The van der Waals surface area contributed by atoms with Crippen LogP contribution in [0, 0.1) is 5.21 Å². The second-order valence-corrected chi connectivity index (χ2v) is 3.38. The first-order valence-electron chi connectivity index (χ1n) is 4.79. The molecular weight excluding hydrogens is 250 g/mol. The van der Waals surface area contributed by atoms with Gasteiger partial charge in [0.2, 0.25) is 6.20 Å². The van der Waals surface area contributed by atoms with Crippen LogP contribution in [0.1, 0.15) is 0 Å². The number of hydrogen-bond acceptors (Lipinski definition) is 5. The van der Waals surface area contributed by atoms with Gasteiger partial charge in [-0.25, -0.2) is 4.79 Å². The minimum absolute atomic E-state index is 0.0688. The lowest BCUT2D eigenvalue weighted by atomic mass is 10.4. The number of ether oxygens (including phenoxy) is 3. The molecule has 0 N–H and O–H groups in total. The van der Waals surface area contributed by atoms with E-state index in [0.29, 0.717) is 10.5 Å². The predicted octanol–water partition coefficient (Wildman–Crippen LogP) is 0.542. The third-order valence-electron chi connectivity index (χ3n) is 1.78. The third-order valence-corrected chi connectivity index (χ3v) is 2.08. The van der Waals surface area contributed by atoms with Gasteiger partial charge in [-0.1, -0.05) is 0 Å². The molecule has 94 valence electrons. The van der Waals surface area contributed by atoms with Crippen LogP contribution in [-0.2, 0) is 14.3 Å². The average Bonchev–Trinajstić information content (AvgIpc) is 2.33. The van der Waals surface area contributed by atoms with Gasteiger partial charge in [0.05, 0.1) is 13.7 Å². The molecule has 17 heavy (non-hydrogen) atoms. The minimum atomic E-state index is -0.450. The zero-order valence-corrected chi connectivity index (χ0v) is 9.98. The topological polar surface area (TPSA) is 71.7 Å². The van der Waals surface area contributed by atoms with Crippen molar-refractivity contribution in [2.45, 2.75) is 0 Å². The summed E-state index contributed by atoms with van der Waals surface area (Å²) in [7, 11) is 1.28. The highest BCUT2D eigenvalue weighted by Gasteiger charge is 2.04. The molecule has 1 aromatic heterocycles. The van der Waals surface area contributed by atoms with Crippen molar-refractivity contribution in [1.29, 1.82) is 0 Å². The Morgan fingerprint density at radius 3 is 2.88 bits per heavy atom. The van der Waals surface area contributed by atoms with Crippen molar-refractivity contribution in [2.75, 3.05) is 26.9 Å². The molecule has 1 heterocycles. The molecule has 1 aromatic rings. The normalized spacial score (nSPS) is 10.0. The van der Waals surface area contributed by atoms with Crippen molar-refractivity contribution in [3.05, 3.63) is 28.7 Å². The fourth-order valence-corrected chi connectivity index (χ4v) is 1.07. The highest BCUT2D eigenvalue weighted by molar-refractivity contribution is 6.28. The maximum Gasteiger partial charge on any atom is 0.331 e. The van der Waals surface area contributed by atoms with Crippen LogP contribution in [0.2, 0.25) is 5.15 Å². The Balaban J connectivity index is 2.22. The van der Waals surface area contributed by atoms with Gasteiger partial charge in [0.15, 0.2) is 5.75 Å². The molecule has 0 atom stereocenters. The zero-order chi connectivity index (χ0) is 12.7. The van der Waals surface area contributed by atoms with Crippen LogP contribution in [0.4, 0.5) is 0 Å². The summed E-state index contributed by atoms with van der Waals surface area (Å²) in [6, 6.07) is 3.00. The van der Waals surface area contributed by atoms with Gasteiger partial charge < -0.3 is 19.4 Å². The molecule has 0 spiro atoms. The quantitative estimate of drug-likeness (QED) is 0.246. The van der Waals surface area contributed by atoms with E-state index in [-0.39, 0.29) is 25.0 Å². The summed E-state index contributed by atoms with van der Waals surface area (Å²) < 4.78 is 15.0. The number of hydrogen-bond donors (Lipinski definition) is 0. The SMILES string of the molecule is COC(=O)COCCOc1ccc(Cl)[n+]([O-])c1. The molecule has 7 heteroatoms. The Morgan fingerprint density at radius 1 is 1.47 bits per heavy atom. The molecule has 0 aromatic carbocycles. The summed E-state index contributed by atoms with van der Waals surface area (Å²) in [4.78, 5) is 10.7. The lowest BCUT2D eigenvalue weighted by Crippen LogP contribution is -2.27. The van der Waals surface area contributed by atoms with E-state index in [9.17, 15) is 10.0 Å². The van der Waals surface area contributed by atoms with Gasteiger partial charge in [0, 0.05) is 6.07 Å². The molecule has 0 radical (unpaired) electrons. The van der Waals surface area contributed by atoms with Crippen LogP contribution in [0.15, 0.2) is 18.3 Å². The number of carbonyl (C=O) groups is 1. The van der Waals surface area contributed by atoms with Crippen LogP contribution >= 0.6 is 11.6 Å². The molecule has 0 aliphatic carbocycles. The van der Waals surface area contributed by atoms with Crippen LogP contribution in [0.25, 0.3) is 0 Å². The molecule has 0 saturated heterocycles. The Morgan fingerprint density at radius 2 is 2.24 bits per heavy atom. The Labute approximate surface area is 103 Å². The number of halogens is 1. The summed E-state index contributed by atoms with van der Waals surface area (Å²) in [5.41, 5.74) is 0. The molecule has 0 saturated carbocycles. The monoisotopic (exact) mass is 261 g/mol. The van der Waals surface area contributed by atoms with Crippen molar-refractivity contribution >= 4 is 17.6 Å². The van der Waals surface area contributed by atoms with E-state index in [1.54, 1.807) is 6.07 Å². The van der Waals surface area contributed by atoms with E-state index in [1.807, 2.05) is 0 Å². The second-order valence-electron chi connectivity index (χ2n) is 2.99. The fraction of sp³-hybridized carbons (Fsp3) is 0.400. The molecular formula is C10H12ClNO5. The van der Waals surface area contributed by atoms with E-state index in [0.717, 1.165) is 0 Å². The smallest absolute Gasteiger partial charge is 0.331 e. The lowest BCUT2D eigenvalue weighted by molar-refractivity contribution is -0.603. The predicted molar refractivity (Wildman–Crippen MR) is 58.7 cm³/mol.